The van der Waals surface area contributed by atoms with E-state index in [-0.39, 0.29) is 12.1 Å². The predicted octanol–water partition coefficient (Wildman–Crippen LogP) is 0.504. The van der Waals surface area contributed by atoms with Gasteiger partial charge in [-0.3, -0.25) is 13.9 Å². The number of imidazole rings is 1. The molecule has 5 nitrogen and oxygen atoms in total. The lowest BCUT2D eigenvalue weighted by Gasteiger charge is -1.99. The van der Waals surface area contributed by atoms with Crippen molar-refractivity contribution in [3.05, 3.63) is 20.8 Å². The Morgan fingerprint density at radius 1 is 1.43 bits per heavy atom. The summed E-state index contributed by atoms with van der Waals surface area (Å²) in [4.78, 5) is 21.8. The van der Waals surface area contributed by atoms with Crippen molar-refractivity contribution in [2.45, 2.75) is 12.8 Å². The number of carboxylic acid groups (broad SMARTS) is 1. The Kier molecular flexibility index (Phi) is 3.15. The van der Waals surface area contributed by atoms with Crippen LogP contribution in [0.1, 0.15) is 12.1 Å². The van der Waals surface area contributed by atoms with Gasteiger partial charge in [-0.1, -0.05) is 0 Å². The molecule has 1 heterocycles. The first-order valence-electron chi connectivity index (χ1n) is 4.07. The van der Waals surface area contributed by atoms with Gasteiger partial charge in [0, 0.05) is 20.5 Å². The van der Waals surface area contributed by atoms with Crippen molar-refractivity contribution in [2.24, 2.45) is 14.1 Å². The molecule has 0 spiro atoms. The number of aliphatic carboxylic acids is 1. The summed E-state index contributed by atoms with van der Waals surface area (Å²) in [5.41, 5.74) is 0.553. The van der Waals surface area contributed by atoms with Gasteiger partial charge in [-0.25, -0.2) is 4.79 Å². The highest BCUT2D eigenvalue weighted by Crippen LogP contribution is 2.15. The normalized spacial score (nSPS) is 10.5. The molecule has 0 atom stereocenters. The van der Waals surface area contributed by atoms with Crippen LogP contribution in [-0.2, 0) is 25.3 Å². The van der Waals surface area contributed by atoms with Gasteiger partial charge in [0.15, 0.2) is 0 Å². The van der Waals surface area contributed by atoms with E-state index in [4.69, 9.17) is 5.11 Å². The van der Waals surface area contributed by atoms with Gasteiger partial charge in [0.05, 0.1) is 12.1 Å². The second-order valence-corrected chi connectivity index (χ2v) is 3.78. The van der Waals surface area contributed by atoms with Crippen LogP contribution in [0.15, 0.2) is 9.40 Å². The van der Waals surface area contributed by atoms with Crippen LogP contribution in [-0.4, -0.2) is 20.2 Å². The third kappa shape index (κ3) is 1.89. The van der Waals surface area contributed by atoms with Crippen molar-refractivity contribution >= 4 is 21.9 Å². The van der Waals surface area contributed by atoms with E-state index in [1.54, 1.807) is 14.1 Å². The molecule has 0 aliphatic carbocycles. The zero-order valence-electron chi connectivity index (χ0n) is 7.95. The summed E-state index contributed by atoms with van der Waals surface area (Å²) in [5, 5.41) is 8.52. The summed E-state index contributed by atoms with van der Waals surface area (Å²) in [5.74, 6) is -0.867. The van der Waals surface area contributed by atoms with Gasteiger partial charge in [0.25, 0.3) is 0 Å². The third-order valence-electron chi connectivity index (χ3n) is 2.09. The van der Waals surface area contributed by atoms with Gasteiger partial charge in [-0.2, -0.15) is 0 Å². The molecular weight excluding hydrogens is 252 g/mol. The SMILES string of the molecule is Cn1c(Br)c(CCC(=O)O)n(C)c1=O. The van der Waals surface area contributed by atoms with E-state index < -0.39 is 5.97 Å². The second-order valence-electron chi connectivity index (χ2n) is 3.03. The number of carbonyl (C=O) groups is 1. The van der Waals surface area contributed by atoms with Crippen molar-refractivity contribution in [3.63, 3.8) is 0 Å². The molecule has 0 saturated carbocycles. The summed E-state index contributed by atoms with van der Waals surface area (Å²) in [6, 6.07) is 0. The van der Waals surface area contributed by atoms with E-state index in [1.807, 2.05) is 0 Å². The molecule has 1 N–H and O–H groups in total. The van der Waals surface area contributed by atoms with E-state index in [2.05, 4.69) is 15.9 Å². The number of nitrogens with zero attached hydrogens (tertiary/aromatic N) is 2. The Bertz CT molecular complexity index is 419. The highest BCUT2D eigenvalue weighted by Gasteiger charge is 2.13. The molecule has 0 unspecified atom stereocenters. The molecular formula is C8H11BrN2O3. The fourth-order valence-corrected chi connectivity index (χ4v) is 1.87. The van der Waals surface area contributed by atoms with Crippen LogP contribution in [0, 0.1) is 0 Å². The van der Waals surface area contributed by atoms with E-state index in [0.717, 1.165) is 0 Å². The Balaban J connectivity index is 3.03. The molecule has 6 heteroatoms. The zero-order valence-corrected chi connectivity index (χ0v) is 9.54. The molecule has 0 aliphatic rings. The average molecular weight is 263 g/mol. The molecule has 0 bridgehead atoms. The van der Waals surface area contributed by atoms with E-state index in [0.29, 0.717) is 16.7 Å². The first kappa shape index (κ1) is 11.0. The molecule has 1 rings (SSSR count). The average Bonchev–Trinajstić information content (AvgIpc) is 2.29. The molecule has 0 amide bonds. The van der Waals surface area contributed by atoms with Crippen LogP contribution < -0.4 is 5.69 Å². The van der Waals surface area contributed by atoms with Crippen LogP contribution in [0.4, 0.5) is 0 Å². The molecule has 78 valence electrons. The second kappa shape index (κ2) is 4.00. The first-order chi connectivity index (χ1) is 6.45. The highest BCUT2D eigenvalue weighted by atomic mass is 79.9. The van der Waals surface area contributed by atoms with Gasteiger partial charge in [0.1, 0.15) is 4.60 Å². The lowest BCUT2D eigenvalue weighted by molar-refractivity contribution is -0.136. The number of halogens is 1. The topological polar surface area (TPSA) is 64.2 Å². The summed E-state index contributed by atoms with van der Waals surface area (Å²) in [6.45, 7) is 0. The Morgan fingerprint density at radius 3 is 2.36 bits per heavy atom. The van der Waals surface area contributed by atoms with Gasteiger partial charge in [0.2, 0.25) is 0 Å². The van der Waals surface area contributed by atoms with Gasteiger partial charge in [-0.05, 0) is 15.9 Å². The minimum atomic E-state index is -0.867. The minimum Gasteiger partial charge on any atom is -0.481 e. The van der Waals surface area contributed by atoms with Crippen LogP contribution in [0.25, 0.3) is 0 Å². The maximum absolute atomic E-state index is 11.4. The standard InChI is InChI=1S/C8H11BrN2O3/c1-10-5(3-4-6(12)13)7(9)11(2)8(10)14/h3-4H2,1-2H3,(H,12,13). The smallest absolute Gasteiger partial charge is 0.328 e. The summed E-state index contributed by atoms with van der Waals surface area (Å²) in [6.07, 6.45) is 0.373. The quantitative estimate of drug-likeness (QED) is 0.863. The molecule has 1 aromatic heterocycles. The molecule has 0 aliphatic heterocycles. The number of hydrogen-bond acceptors (Lipinski definition) is 2. The summed E-state index contributed by atoms with van der Waals surface area (Å²) >= 11 is 3.25. The molecule has 1 aromatic rings. The van der Waals surface area contributed by atoms with Gasteiger partial charge in [-0.15, -0.1) is 0 Å². The molecule has 0 radical (unpaired) electrons. The minimum absolute atomic E-state index is 0.0237. The molecule has 0 saturated heterocycles. The van der Waals surface area contributed by atoms with Crippen molar-refractivity contribution in [2.75, 3.05) is 0 Å². The molecule has 0 fully saturated rings. The van der Waals surface area contributed by atoms with Crippen molar-refractivity contribution < 1.29 is 9.90 Å². The molecule has 0 aromatic carbocycles. The van der Waals surface area contributed by atoms with Crippen molar-refractivity contribution in [1.29, 1.82) is 0 Å². The van der Waals surface area contributed by atoms with E-state index in [9.17, 15) is 9.59 Å². The number of hydrogen-bond donors (Lipinski definition) is 1. The Labute approximate surface area is 89.1 Å². The molecule has 14 heavy (non-hydrogen) atoms. The summed E-state index contributed by atoms with van der Waals surface area (Å²) in [7, 11) is 3.26. The number of rotatable bonds is 3. The highest BCUT2D eigenvalue weighted by molar-refractivity contribution is 9.10. The fourth-order valence-electron chi connectivity index (χ4n) is 1.25. The lowest BCUT2D eigenvalue weighted by atomic mass is 10.2. The zero-order chi connectivity index (χ0) is 10.9. The lowest BCUT2D eigenvalue weighted by Crippen LogP contribution is -2.20. The van der Waals surface area contributed by atoms with Gasteiger partial charge >= 0.3 is 11.7 Å². The maximum Gasteiger partial charge on any atom is 0.328 e. The van der Waals surface area contributed by atoms with Crippen molar-refractivity contribution in [3.8, 4) is 0 Å². The van der Waals surface area contributed by atoms with Crippen LogP contribution in [0.2, 0.25) is 0 Å². The largest absolute Gasteiger partial charge is 0.481 e. The predicted molar refractivity (Wildman–Crippen MR) is 54.3 cm³/mol. The Morgan fingerprint density at radius 2 is 2.00 bits per heavy atom. The first-order valence-corrected chi connectivity index (χ1v) is 4.86. The maximum atomic E-state index is 11.4. The number of carboxylic acids is 1. The van der Waals surface area contributed by atoms with Crippen LogP contribution in [0.3, 0.4) is 0 Å². The van der Waals surface area contributed by atoms with Gasteiger partial charge < -0.3 is 5.11 Å². The van der Waals surface area contributed by atoms with E-state index in [1.165, 1.54) is 9.13 Å². The third-order valence-corrected chi connectivity index (χ3v) is 3.08. The monoisotopic (exact) mass is 262 g/mol. The van der Waals surface area contributed by atoms with Crippen LogP contribution >= 0.6 is 15.9 Å². The fraction of sp³-hybridized carbons (Fsp3) is 0.500. The summed E-state index contributed by atoms with van der Waals surface area (Å²) < 4.78 is 3.54. The van der Waals surface area contributed by atoms with Crippen LogP contribution in [0.5, 0.6) is 0 Å². The van der Waals surface area contributed by atoms with Crippen molar-refractivity contribution in [1.82, 2.24) is 9.13 Å². The van der Waals surface area contributed by atoms with E-state index >= 15 is 0 Å². The number of aromatic nitrogens is 2. The Hall–Kier alpha value is -1.04.